The number of quaternary nitrogens is 1. The Morgan fingerprint density at radius 2 is 2.19 bits per heavy atom. The van der Waals surface area contributed by atoms with Gasteiger partial charge in [-0.1, -0.05) is 6.07 Å². The zero-order valence-electron chi connectivity index (χ0n) is 12.1. The molecule has 1 heterocycles. The summed E-state index contributed by atoms with van der Waals surface area (Å²) in [6.07, 6.45) is 2.90. The number of carbonyl (C=O) groups excluding carboxylic acids is 1. The predicted molar refractivity (Wildman–Crippen MR) is 77.8 cm³/mol. The lowest BCUT2D eigenvalue weighted by atomic mass is 10.1. The van der Waals surface area contributed by atoms with Crippen molar-refractivity contribution in [1.29, 1.82) is 0 Å². The second kappa shape index (κ2) is 6.36. The number of amides is 1. The largest absolute Gasteiger partial charge is 0.334 e. The average Bonchev–Trinajstić information content (AvgIpc) is 2.46. The Hall–Kier alpha value is -2.41. The number of nitrogens with zero attached hydrogens (tertiary/aromatic N) is 1. The van der Waals surface area contributed by atoms with Gasteiger partial charge in [0.05, 0.1) is 25.1 Å². The van der Waals surface area contributed by atoms with Gasteiger partial charge in [0.2, 0.25) is 0 Å². The Bertz CT molecular complexity index is 598. The van der Waals surface area contributed by atoms with E-state index in [0.29, 0.717) is 5.56 Å². The second-order valence-electron chi connectivity index (χ2n) is 5.23. The minimum atomic E-state index is -0.484. The molecule has 1 aromatic rings. The Morgan fingerprint density at radius 3 is 2.81 bits per heavy atom. The summed E-state index contributed by atoms with van der Waals surface area (Å²) in [4.78, 5) is 23.8. The summed E-state index contributed by atoms with van der Waals surface area (Å²) in [6.45, 7) is 3.56. The molecule has 1 aliphatic rings. The highest BCUT2D eigenvalue weighted by Gasteiger charge is 2.16. The maximum absolute atomic E-state index is 12.0. The van der Waals surface area contributed by atoms with Crippen molar-refractivity contribution in [2.24, 2.45) is 0 Å². The Labute approximate surface area is 122 Å². The monoisotopic (exact) mass is 291 g/mol. The van der Waals surface area contributed by atoms with Crippen LogP contribution in [0.25, 0.3) is 0 Å². The van der Waals surface area contributed by atoms with Gasteiger partial charge in [-0.25, -0.2) is 0 Å². The van der Waals surface area contributed by atoms with Crippen LogP contribution in [0.15, 0.2) is 30.0 Å². The third-order valence-electron chi connectivity index (χ3n) is 3.52. The van der Waals surface area contributed by atoms with Gasteiger partial charge in [-0.15, -0.1) is 0 Å². The first kappa shape index (κ1) is 15.0. The van der Waals surface area contributed by atoms with Crippen LogP contribution in [0, 0.1) is 17.0 Å². The molecule has 0 aliphatic carbocycles. The standard InChI is InChI=1S/C14H18N4O3/c1-10-3-4-11(9-13(10)18(20)21)14(19)16-15-12-5-7-17(2)8-6-12/h3-5,9,15H,6-8H2,1-2H3,(H,16,19)/p+1. The molecule has 112 valence electrons. The first-order valence-electron chi connectivity index (χ1n) is 6.79. The van der Waals surface area contributed by atoms with Crippen LogP contribution in [0.3, 0.4) is 0 Å². The summed E-state index contributed by atoms with van der Waals surface area (Å²) >= 11 is 0. The molecule has 0 spiro atoms. The normalized spacial score (nSPS) is 17.8. The number of rotatable bonds is 4. The lowest BCUT2D eigenvalue weighted by Gasteiger charge is -2.20. The number of nitro groups is 1. The lowest BCUT2D eigenvalue weighted by molar-refractivity contribution is -0.875. The van der Waals surface area contributed by atoms with Crippen molar-refractivity contribution >= 4 is 11.6 Å². The number of benzene rings is 1. The van der Waals surface area contributed by atoms with Crippen LogP contribution in [0.2, 0.25) is 0 Å². The quantitative estimate of drug-likeness (QED) is 0.535. The van der Waals surface area contributed by atoms with Crippen molar-refractivity contribution in [3.05, 3.63) is 51.2 Å². The van der Waals surface area contributed by atoms with E-state index in [0.717, 1.165) is 25.2 Å². The number of likely N-dealkylation sites (N-methyl/N-ethyl adjacent to an activating group) is 1. The SMILES string of the molecule is Cc1ccc(C(=O)NNC2=CC[NH+](C)CC2)cc1[N+](=O)[O-]. The third-order valence-corrected chi connectivity index (χ3v) is 3.52. The van der Waals surface area contributed by atoms with Crippen LogP contribution < -0.4 is 15.8 Å². The van der Waals surface area contributed by atoms with Crippen LogP contribution in [0.1, 0.15) is 22.3 Å². The van der Waals surface area contributed by atoms with Crippen LogP contribution in [0.4, 0.5) is 5.69 Å². The molecule has 3 N–H and O–H groups in total. The predicted octanol–water partition coefficient (Wildman–Crippen LogP) is -0.0601. The van der Waals surface area contributed by atoms with Crippen LogP contribution in [-0.4, -0.2) is 31.0 Å². The fraction of sp³-hybridized carbons (Fsp3) is 0.357. The highest BCUT2D eigenvalue weighted by atomic mass is 16.6. The van der Waals surface area contributed by atoms with Crippen molar-refractivity contribution in [2.75, 3.05) is 20.1 Å². The van der Waals surface area contributed by atoms with Gasteiger partial charge in [-0.05, 0) is 19.1 Å². The van der Waals surface area contributed by atoms with Gasteiger partial charge < -0.3 is 10.3 Å². The molecule has 0 radical (unpaired) electrons. The maximum Gasteiger partial charge on any atom is 0.273 e. The molecule has 1 atom stereocenters. The van der Waals surface area contributed by atoms with E-state index in [2.05, 4.69) is 17.9 Å². The molecule has 2 rings (SSSR count). The molecule has 0 saturated heterocycles. The number of nitrogens with one attached hydrogen (secondary N) is 3. The topological polar surface area (TPSA) is 88.7 Å². The minimum Gasteiger partial charge on any atom is -0.334 e. The zero-order valence-corrected chi connectivity index (χ0v) is 12.1. The van der Waals surface area contributed by atoms with Crippen molar-refractivity contribution in [2.45, 2.75) is 13.3 Å². The van der Waals surface area contributed by atoms with E-state index in [1.807, 2.05) is 6.08 Å². The molecule has 0 bridgehead atoms. The molecule has 0 aromatic heterocycles. The van der Waals surface area contributed by atoms with E-state index in [9.17, 15) is 14.9 Å². The Kier molecular flexibility index (Phi) is 4.54. The van der Waals surface area contributed by atoms with Crippen LogP contribution in [0.5, 0.6) is 0 Å². The number of carbonyl (C=O) groups is 1. The molecule has 7 heteroatoms. The number of aryl methyl sites for hydroxylation is 1. The van der Waals surface area contributed by atoms with Crippen molar-refractivity contribution in [1.82, 2.24) is 10.9 Å². The van der Waals surface area contributed by atoms with Gasteiger partial charge in [0, 0.05) is 29.3 Å². The van der Waals surface area contributed by atoms with E-state index >= 15 is 0 Å². The molecule has 0 fully saturated rings. The molecule has 1 aliphatic heterocycles. The van der Waals surface area contributed by atoms with E-state index < -0.39 is 4.92 Å². The van der Waals surface area contributed by atoms with E-state index in [1.165, 1.54) is 11.0 Å². The van der Waals surface area contributed by atoms with E-state index in [-0.39, 0.29) is 17.2 Å². The summed E-state index contributed by atoms with van der Waals surface area (Å²) < 4.78 is 0. The van der Waals surface area contributed by atoms with E-state index in [1.54, 1.807) is 19.1 Å². The minimum absolute atomic E-state index is 0.0512. The molecule has 1 unspecified atom stereocenters. The van der Waals surface area contributed by atoms with Gasteiger partial charge in [-0.2, -0.15) is 0 Å². The van der Waals surface area contributed by atoms with Gasteiger partial charge in [-0.3, -0.25) is 20.3 Å². The first-order chi connectivity index (χ1) is 9.97. The summed E-state index contributed by atoms with van der Waals surface area (Å²) in [7, 11) is 2.11. The molecule has 0 saturated carbocycles. The number of hydrogen-bond donors (Lipinski definition) is 3. The van der Waals surface area contributed by atoms with Crippen LogP contribution >= 0.6 is 0 Å². The molecule has 7 nitrogen and oxygen atoms in total. The van der Waals surface area contributed by atoms with Crippen molar-refractivity contribution in [3.63, 3.8) is 0 Å². The van der Waals surface area contributed by atoms with Gasteiger partial charge in [0.1, 0.15) is 0 Å². The van der Waals surface area contributed by atoms with Gasteiger partial charge in [0.15, 0.2) is 0 Å². The molecule has 1 aromatic carbocycles. The van der Waals surface area contributed by atoms with Gasteiger partial charge in [0.25, 0.3) is 11.6 Å². The van der Waals surface area contributed by atoms with Crippen molar-refractivity contribution in [3.8, 4) is 0 Å². The van der Waals surface area contributed by atoms with Crippen molar-refractivity contribution < 1.29 is 14.6 Å². The summed E-state index contributed by atoms with van der Waals surface area (Å²) in [5.74, 6) is -0.384. The smallest absolute Gasteiger partial charge is 0.273 e. The zero-order chi connectivity index (χ0) is 15.4. The van der Waals surface area contributed by atoms with E-state index in [4.69, 9.17) is 0 Å². The maximum atomic E-state index is 12.0. The fourth-order valence-electron chi connectivity index (χ4n) is 2.12. The van der Waals surface area contributed by atoms with Gasteiger partial charge >= 0.3 is 0 Å². The molecular formula is C14H19N4O3+. The third kappa shape index (κ3) is 3.79. The summed E-state index contributed by atoms with van der Waals surface area (Å²) in [6, 6.07) is 4.44. The first-order valence-corrected chi connectivity index (χ1v) is 6.79. The molecule has 21 heavy (non-hydrogen) atoms. The van der Waals surface area contributed by atoms with Crippen LogP contribution in [-0.2, 0) is 0 Å². The average molecular weight is 291 g/mol. The highest BCUT2D eigenvalue weighted by molar-refractivity contribution is 5.94. The number of nitro benzene ring substituents is 1. The Morgan fingerprint density at radius 1 is 1.43 bits per heavy atom. The fourth-order valence-corrected chi connectivity index (χ4v) is 2.12. The highest BCUT2D eigenvalue weighted by Crippen LogP contribution is 2.19. The molecule has 1 amide bonds. The number of hydrazine groups is 1. The second-order valence-corrected chi connectivity index (χ2v) is 5.23. The molecular weight excluding hydrogens is 272 g/mol. The summed E-state index contributed by atoms with van der Waals surface area (Å²) in [5, 5.41) is 10.9. The lowest BCUT2D eigenvalue weighted by Crippen LogP contribution is -3.09. The summed E-state index contributed by atoms with van der Waals surface area (Å²) in [5.41, 5.74) is 7.17. The Balaban J connectivity index is 2.01. The number of hydrogen-bond acceptors (Lipinski definition) is 4.